The fourth-order valence-electron chi connectivity index (χ4n) is 5.08. The fourth-order valence-corrected chi connectivity index (χ4v) is 5.08. The van der Waals surface area contributed by atoms with Crippen LogP contribution in [0.2, 0.25) is 0 Å². The lowest BCUT2D eigenvalue weighted by Crippen LogP contribution is -2.35. The Kier molecular flexibility index (Phi) is 8.69. The van der Waals surface area contributed by atoms with Crippen molar-refractivity contribution in [3.8, 4) is 11.8 Å². The SMILES string of the molecule is CC1(C)OCc2cc(C3CN(CCc4cccc(COCCCCc5cccc(C#N)c5)c4)C(=O)O3)ccc2O1. The van der Waals surface area contributed by atoms with Gasteiger partial charge in [-0.15, -0.1) is 0 Å². The molecule has 7 nitrogen and oxygen atoms in total. The van der Waals surface area contributed by atoms with Gasteiger partial charge in [-0.3, -0.25) is 0 Å². The number of rotatable bonds is 11. The second kappa shape index (κ2) is 12.5. The van der Waals surface area contributed by atoms with Crippen molar-refractivity contribution in [3.63, 3.8) is 0 Å². The maximum Gasteiger partial charge on any atom is 0.410 e. The third-order valence-corrected chi connectivity index (χ3v) is 7.27. The van der Waals surface area contributed by atoms with E-state index >= 15 is 0 Å². The Balaban J connectivity index is 1.05. The number of fused-ring (bicyclic) bond motifs is 1. The molecular formula is C33H36N2O5. The van der Waals surface area contributed by atoms with Gasteiger partial charge in [0.25, 0.3) is 0 Å². The summed E-state index contributed by atoms with van der Waals surface area (Å²) < 4.78 is 23.3. The highest BCUT2D eigenvalue weighted by molar-refractivity contribution is 5.70. The zero-order valence-electron chi connectivity index (χ0n) is 23.2. The van der Waals surface area contributed by atoms with Crippen molar-refractivity contribution in [2.24, 2.45) is 0 Å². The summed E-state index contributed by atoms with van der Waals surface area (Å²) >= 11 is 0. The second-order valence-electron chi connectivity index (χ2n) is 10.9. The molecule has 0 spiro atoms. The lowest BCUT2D eigenvalue weighted by Gasteiger charge is -2.32. The van der Waals surface area contributed by atoms with Crippen LogP contribution in [0.5, 0.6) is 5.75 Å². The number of benzene rings is 3. The number of hydrogen-bond donors (Lipinski definition) is 0. The van der Waals surface area contributed by atoms with E-state index in [0.717, 1.165) is 48.1 Å². The molecule has 2 aliphatic rings. The fraction of sp³-hybridized carbons (Fsp3) is 0.394. The highest BCUT2D eigenvalue weighted by Gasteiger charge is 2.33. The highest BCUT2D eigenvalue weighted by Crippen LogP contribution is 2.35. The normalized spacial score (nSPS) is 17.6. The molecule has 7 heteroatoms. The van der Waals surface area contributed by atoms with E-state index in [1.54, 1.807) is 4.90 Å². The zero-order chi connectivity index (χ0) is 28.0. The number of nitriles is 1. The van der Waals surface area contributed by atoms with Crippen LogP contribution in [-0.4, -0.2) is 36.5 Å². The van der Waals surface area contributed by atoms with Gasteiger partial charge in [0.2, 0.25) is 5.79 Å². The second-order valence-corrected chi connectivity index (χ2v) is 10.9. The van der Waals surface area contributed by atoms with Crippen molar-refractivity contribution in [2.75, 3.05) is 19.7 Å². The van der Waals surface area contributed by atoms with Gasteiger partial charge in [-0.2, -0.15) is 5.26 Å². The van der Waals surface area contributed by atoms with Crippen molar-refractivity contribution in [1.82, 2.24) is 4.90 Å². The van der Waals surface area contributed by atoms with Gasteiger partial charge in [0.1, 0.15) is 11.9 Å². The maximum absolute atomic E-state index is 12.6. The topological polar surface area (TPSA) is 81.0 Å². The molecule has 1 atom stereocenters. The molecule has 0 aromatic heterocycles. The lowest BCUT2D eigenvalue weighted by molar-refractivity contribution is -0.180. The third-order valence-electron chi connectivity index (χ3n) is 7.27. The van der Waals surface area contributed by atoms with Gasteiger partial charge in [0.05, 0.1) is 31.4 Å². The van der Waals surface area contributed by atoms with E-state index in [0.29, 0.717) is 38.5 Å². The van der Waals surface area contributed by atoms with Crippen molar-refractivity contribution in [3.05, 3.63) is 100 Å². The lowest BCUT2D eigenvalue weighted by atomic mass is 10.0. The van der Waals surface area contributed by atoms with Gasteiger partial charge in [0.15, 0.2) is 0 Å². The zero-order valence-corrected chi connectivity index (χ0v) is 23.2. The van der Waals surface area contributed by atoms with Gasteiger partial charge < -0.3 is 23.8 Å². The predicted molar refractivity (Wildman–Crippen MR) is 151 cm³/mol. The summed E-state index contributed by atoms with van der Waals surface area (Å²) in [6, 6.07) is 24.2. The summed E-state index contributed by atoms with van der Waals surface area (Å²) in [5, 5.41) is 9.03. The highest BCUT2D eigenvalue weighted by atomic mass is 16.7. The quantitative estimate of drug-likeness (QED) is 0.259. The largest absolute Gasteiger partial charge is 0.463 e. The molecule has 0 N–H and O–H groups in total. The van der Waals surface area contributed by atoms with Crippen LogP contribution in [0.1, 0.15) is 66.2 Å². The van der Waals surface area contributed by atoms with Crippen LogP contribution in [-0.2, 0) is 40.3 Å². The van der Waals surface area contributed by atoms with E-state index in [9.17, 15) is 4.79 Å². The molecule has 3 aromatic carbocycles. The Labute approximate surface area is 236 Å². The van der Waals surface area contributed by atoms with Crippen LogP contribution in [0, 0.1) is 11.3 Å². The first kappa shape index (κ1) is 27.7. The summed E-state index contributed by atoms with van der Waals surface area (Å²) in [5.74, 6) is 0.175. The minimum absolute atomic E-state index is 0.282. The number of aryl methyl sites for hydroxylation is 1. The summed E-state index contributed by atoms with van der Waals surface area (Å²) in [7, 11) is 0. The smallest absolute Gasteiger partial charge is 0.410 e. The molecule has 0 saturated carbocycles. The van der Waals surface area contributed by atoms with Gasteiger partial charge in [-0.25, -0.2) is 4.79 Å². The first-order chi connectivity index (χ1) is 19.4. The number of ether oxygens (including phenoxy) is 4. The minimum Gasteiger partial charge on any atom is -0.463 e. The molecule has 1 saturated heterocycles. The Morgan fingerprint density at radius 3 is 2.65 bits per heavy atom. The van der Waals surface area contributed by atoms with Crippen LogP contribution in [0.25, 0.3) is 0 Å². The Hall–Kier alpha value is -3.86. The molecule has 0 aliphatic carbocycles. The Bertz CT molecular complexity index is 1380. The summed E-state index contributed by atoms with van der Waals surface area (Å²) in [6.07, 6.45) is 3.10. The average Bonchev–Trinajstić information content (AvgIpc) is 3.33. The molecule has 2 aliphatic heterocycles. The summed E-state index contributed by atoms with van der Waals surface area (Å²) in [5.41, 5.74) is 6.12. The number of cyclic esters (lactones) is 1. The number of amides is 1. The third kappa shape index (κ3) is 7.20. The number of carbonyl (C=O) groups excluding carboxylic acids is 1. The van der Waals surface area contributed by atoms with Crippen LogP contribution >= 0.6 is 0 Å². The number of nitrogens with zero attached hydrogens (tertiary/aromatic N) is 2. The molecule has 40 heavy (non-hydrogen) atoms. The molecule has 5 rings (SSSR count). The molecule has 208 valence electrons. The standard InChI is InChI=1S/C33H36N2O5/c1-33(2)38-23-29-19-28(12-13-30(29)40-33)31-21-35(32(36)39-31)15-14-25-9-6-11-27(18-25)22-37-16-4-3-7-24-8-5-10-26(17-24)20-34/h5-6,8-13,17-19,31H,3-4,7,14-16,21-23H2,1-2H3. The van der Waals surface area contributed by atoms with Crippen LogP contribution in [0.4, 0.5) is 4.79 Å². The van der Waals surface area contributed by atoms with Gasteiger partial charge >= 0.3 is 6.09 Å². The van der Waals surface area contributed by atoms with Crippen molar-refractivity contribution >= 4 is 6.09 Å². The molecule has 0 bridgehead atoms. The summed E-state index contributed by atoms with van der Waals surface area (Å²) in [4.78, 5) is 14.4. The molecule has 1 amide bonds. The first-order valence-corrected chi connectivity index (χ1v) is 13.9. The van der Waals surface area contributed by atoms with Crippen LogP contribution in [0.3, 0.4) is 0 Å². The van der Waals surface area contributed by atoms with E-state index in [1.165, 1.54) is 11.1 Å². The van der Waals surface area contributed by atoms with Gasteiger partial charge in [0, 0.05) is 32.6 Å². The monoisotopic (exact) mass is 540 g/mol. The number of carbonyl (C=O) groups is 1. The number of unbranched alkanes of at least 4 members (excludes halogenated alkanes) is 1. The van der Waals surface area contributed by atoms with Gasteiger partial charge in [-0.1, -0.05) is 42.5 Å². The molecular weight excluding hydrogens is 504 g/mol. The van der Waals surface area contributed by atoms with E-state index in [2.05, 4.69) is 30.3 Å². The average molecular weight is 541 g/mol. The first-order valence-electron chi connectivity index (χ1n) is 13.9. The predicted octanol–water partition coefficient (Wildman–Crippen LogP) is 6.48. The molecule has 3 aromatic rings. The van der Waals surface area contributed by atoms with E-state index in [1.807, 2.05) is 56.3 Å². The van der Waals surface area contributed by atoms with Crippen molar-refractivity contribution < 1.29 is 23.7 Å². The van der Waals surface area contributed by atoms with Gasteiger partial charge in [-0.05, 0) is 72.2 Å². The van der Waals surface area contributed by atoms with Crippen molar-refractivity contribution in [2.45, 2.75) is 64.6 Å². The van der Waals surface area contributed by atoms with Crippen molar-refractivity contribution in [1.29, 1.82) is 5.26 Å². The van der Waals surface area contributed by atoms with E-state index < -0.39 is 5.79 Å². The van der Waals surface area contributed by atoms with E-state index in [-0.39, 0.29) is 12.2 Å². The maximum atomic E-state index is 12.6. The molecule has 1 fully saturated rings. The Morgan fingerprint density at radius 1 is 1.00 bits per heavy atom. The molecule has 0 radical (unpaired) electrons. The van der Waals surface area contributed by atoms with E-state index in [4.69, 9.17) is 24.2 Å². The summed E-state index contributed by atoms with van der Waals surface area (Å²) in [6.45, 7) is 6.64. The molecule has 2 heterocycles. The van der Waals surface area contributed by atoms with Crippen LogP contribution in [0.15, 0.2) is 66.7 Å². The molecule has 1 unspecified atom stereocenters. The van der Waals surface area contributed by atoms with Crippen LogP contribution < -0.4 is 4.74 Å². The minimum atomic E-state index is -0.637. The Morgan fingerprint density at radius 2 is 1.80 bits per heavy atom. The number of hydrogen-bond acceptors (Lipinski definition) is 6.